The van der Waals surface area contributed by atoms with Crippen LogP contribution in [-0.2, 0) is 9.53 Å². The maximum absolute atomic E-state index is 12.8. The maximum atomic E-state index is 12.8. The van der Waals surface area contributed by atoms with Crippen molar-refractivity contribution in [1.82, 2.24) is 5.32 Å². The van der Waals surface area contributed by atoms with E-state index in [-0.39, 0.29) is 17.9 Å². The summed E-state index contributed by atoms with van der Waals surface area (Å²) in [7, 11) is 0. The lowest BCUT2D eigenvalue weighted by molar-refractivity contribution is -0.114. The van der Waals surface area contributed by atoms with Crippen molar-refractivity contribution in [2.45, 2.75) is 32.8 Å². The van der Waals surface area contributed by atoms with Crippen molar-refractivity contribution in [3.05, 3.63) is 58.6 Å². The van der Waals surface area contributed by atoms with Crippen LogP contribution in [0.2, 0.25) is 5.02 Å². The van der Waals surface area contributed by atoms with Crippen LogP contribution in [0.1, 0.15) is 35.7 Å². The van der Waals surface area contributed by atoms with Gasteiger partial charge in [0.05, 0.1) is 12.6 Å². The molecule has 0 radical (unpaired) electrons. The summed E-state index contributed by atoms with van der Waals surface area (Å²) in [5.41, 5.74) is 2.67. The zero-order valence-electron chi connectivity index (χ0n) is 17.0. The number of hydrogen-bond donors (Lipinski definition) is 3. The van der Waals surface area contributed by atoms with E-state index in [0.29, 0.717) is 28.8 Å². The molecule has 7 nitrogen and oxygen atoms in total. The normalized spacial score (nSPS) is 16.2. The summed E-state index contributed by atoms with van der Waals surface area (Å²) in [6.45, 7) is 4.52. The number of halogens is 1. The predicted molar refractivity (Wildman–Crippen MR) is 119 cm³/mol. The van der Waals surface area contributed by atoms with E-state index in [1.54, 1.807) is 30.3 Å². The second-order valence-corrected chi connectivity index (χ2v) is 7.56. The molecule has 158 valence electrons. The van der Waals surface area contributed by atoms with Crippen LogP contribution >= 0.6 is 11.6 Å². The third kappa shape index (κ3) is 6.30. The first-order valence-electron chi connectivity index (χ1n) is 9.79. The van der Waals surface area contributed by atoms with Gasteiger partial charge in [-0.15, -0.1) is 0 Å². The minimum atomic E-state index is -0.340. The standard InChI is InChI=1S/C22H25ClN4O3/c1-14-11-17(23)8-9-20(14)26-22(24-13-19-7-4-10-30-19)27-21(29)16-5-3-6-18(12-16)25-15(2)28/h3,5-6,8-9,11-12,19H,4,7,10,13H2,1-2H3,(H,25,28)(H2,24,26,27,29)/t19-/m0/s1. The van der Waals surface area contributed by atoms with Gasteiger partial charge in [-0.2, -0.15) is 0 Å². The molecule has 0 aromatic heterocycles. The summed E-state index contributed by atoms with van der Waals surface area (Å²) >= 11 is 6.04. The van der Waals surface area contributed by atoms with E-state index in [9.17, 15) is 9.59 Å². The number of anilines is 2. The first kappa shape index (κ1) is 21.8. The first-order chi connectivity index (χ1) is 14.4. The Morgan fingerprint density at radius 3 is 2.73 bits per heavy atom. The number of carbonyl (C=O) groups is 2. The molecule has 2 aromatic rings. The van der Waals surface area contributed by atoms with Gasteiger partial charge in [-0.05, 0) is 61.7 Å². The maximum Gasteiger partial charge on any atom is 0.258 e. The lowest BCUT2D eigenvalue weighted by Crippen LogP contribution is -2.37. The third-order valence-corrected chi connectivity index (χ3v) is 4.83. The highest BCUT2D eigenvalue weighted by Gasteiger charge is 2.16. The SMILES string of the molecule is CC(=O)Nc1cccc(C(=O)NC(=NC[C@@H]2CCCO2)Nc2ccc(Cl)cc2C)c1. The molecule has 1 aliphatic heterocycles. The lowest BCUT2D eigenvalue weighted by atomic mass is 10.2. The Labute approximate surface area is 180 Å². The monoisotopic (exact) mass is 428 g/mol. The molecule has 2 amide bonds. The largest absolute Gasteiger partial charge is 0.376 e. The van der Waals surface area contributed by atoms with Crippen molar-refractivity contribution >= 4 is 40.7 Å². The van der Waals surface area contributed by atoms with Gasteiger partial charge < -0.3 is 15.4 Å². The predicted octanol–water partition coefficient (Wildman–Crippen LogP) is 3.98. The molecule has 30 heavy (non-hydrogen) atoms. The second-order valence-electron chi connectivity index (χ2n) is 7.12. The van der Waals surface area contributed by atoms with Crippen LogP contribution in [0, 0.1) is 6.92 Å². The smallest absolute Gasteiger partial charge is 0.258 e. The molecule has 0 aliphatic carbocycles. The van der Waals surface area contributed by atoms with Gasteiger partial charge in [0.15, 0.2) is 0 Å². The molecule has 3 N–H and O–H groups in total. The van der Waals surface area contributed by atoms with Crippen LogP contribution < -0.4 is 16.0 Å². The van der Waals surface area contributed by atoms with Gasteiger partial charge in [-0.1, -0.05) is 17.7 Å². The van der Waals surface area contributed by atoms with E-state index >= 15 is 0 Å². The number of ether oxygens (including phenoxy) is 1. The number of hydrogen-bond acceptors (Lipinski definition) is 4. The van der Waals surface area contributed by atoms with Gasteiger partial charge in [0.2, 0.25) is 11.9 Å². The minimum Gasteiger partial charge on any atom is -0.376 e. The Hall–Kier alpha value is -2.90. The van der Waals surface area contributed by atoms with Gasteiger partial charge in [-0.3, -0.25) is 14.9 Å². The molecular formula is C22H25ClN4O3. The number of guanidine groups is 1. The number of benzene rings is 2. The third-order valence-electron chi connectivity index (χ3n) is 4.60. The fourth-order valence-electron chi connectivity index (χ4n) is 3.11. The lowest BCUT2D eigenvalue weighted by Gasteiger charge is -2.15. The van der Waals surface area contributed by atoms with Crippen LogP contribution in [0.25, 0.3) is 0 Å². The Kier molecular flexibility index (Phi) is 7.43. The van der Waals surface area contributed by atoms with E-state index in [1.807, 2.05) is 19.1 Å². The van der Waals surface area contributed by atoms with Gasteiger partial charge in [0.1, 0.15) is 0 Å². The zero-order valence-corrected chi connectivity index (χ0v) is 17.8. The first-order valence-corrected chi connectivity index (χ1v) is 10.2. The number of rotatable bonds is 5. The molecule has 1 fully saturated rings. The van der Waals surface area contributed by atoms with Gasteiger partial charge in [0.25, 0.3) is 5.91 Å². The van der Waals surface area contributed by atoms with Crippen molar-refractivity contribution in [3.63, 3.8) is 0 Å². The van der Waals surface area contributed by atoms with Crippen molar-refractivity contribution in [1.29, 1.82) is 0 Å². The van der Waals surface area contributed by atoms with E-state index < -0.39 is 0 Å². The van der Waals surface area contributed by atoms with Gasteiger partial charge in [-0.25, -0.2) is 4.99 Å². The van der Waals surface area contributed by atoms with Crippen LogP contribution in [0.4, 0.5) is 11.4 Å². The van der Waals surface area contributed by atoms with Crippen molar-refractivity contribution < 1.29 is 14.3 Å². The molecule has 3 rings (SSSR count). The number of aryl methyl sites for hydroxylation is 1. The number of amides is 2. The van der Waals surface area contributed by atoms with Crippen LogP contribution in [0.3, 0.4) is 0 Å². The molecule has 8 heteroatoms. The van der Waals surface area contributed by atoms with Crippen LogP contribution in [0.15, 0.2) is 47.5 Å². The summed E-state index contributed by atoms with van der Waals surface area (Å²) in [6, 6.07) is 12.2. The van der Waals surface area contributed by atoms with E-state index in [0.717, 1.165) is 30.7 Å². The Morgan fingerprint density at radius 2 is 2.03 bits per heavy atom. The molecule has 0 unspecified atom stereocenters. The van der Waals surface area contributed by atoms with E-state index in [4.69, 9.17) is 16.3 Å². The molecule has 2 aromatic carbocycles. The molecule has 0 bridgehead atoms. The van der Waals surface area contributed by atoms with Crippen molar-refractivity contribution in [2.24, 2.45) is 4.99 Å². The fourth-order valence-corrected chi connectivity index (χ4v) is 3.33. The van der Waals surface area contributed by atoms with Crippen LogP contribution in [-0.4, -0.2) is 37.0 Å². The van der Waals surface area contributed by atoms with Crippen molar-refractivity contribution in [2.75, 3.05) is 23.8 Å². The van der Waals surface area contributed by atoms with Crippen molar-refractivity contribution in [3.8, 4) is 0 Å². The summed E-state index contributed by atoms with van der Waals surface area (Å²) in [5, 5.41) is 9.32. The average Bonchev–Trinajstić information content (AvgIpc) is 3.21. The highest BCUT2D eigenvalue weighted by Crippen LogP contribution is 2.20. The van der Waals surface area contributed by atoms with Gasteiger partial charge in [0, 0.05) is 35.5 Å². The van der Waals surface area contributed by atoms with Gasteiger partial charge >= 0.3 is 0 Å². The summed E-state index contributed by atoms with van der Waals surface area (Å²) in [4.78, 5) is 28.6. The average molecular weight is 429 g/mol. The van der Waals surface area contributed by atoms with Crippen LogP contribution in [0.5, 0.6) is 0 Å². The molecule has 1 saturated heterocycles. The zero-order chi connectivity index (χ0) is 21.5. The number of carbonyl (C=O) groups excluding carboxylic acids is 2. The summed E-state index contributed by atoms with van der Waals surface area (Å²) in [5.74, 6) is -0.218. The number of nitrogens with zero attached hydrogens (tertiary/aromatic N) is 1. The second kappa shape index (κ2) is 10.2. The highest BCUT2D eigenvalue weighted by molar-refractivity contribution is 6.30. The molecule has 1 aliphatic rings. The Bertz CT molecular complexity index is 955. The van der Waals surface area contributed by atoms with E-state index in [1.165, 1.54) is 6.92 Å². The topological polar surface area (TPSA) is 91.8 Å². The molecule has 0 saturated carbocycles. The highest BCUT2D eigenvalue weighted by atomic mass is 35.5. The number of nitrogens with one attached hydrogen (secondary N) is 3. The Balaban J connectivity index is 1.77. The fraction of sp³-hybridized carbons (Fsp3) is 0.318. The Morgan fingerprint density at radius 1 is 1.20 bits per heavy atom. The minimum absolute atomic E-state index is 0.0492. The molecule has 0 spiro atoms. The molecule has 1 heterocycles. The molecule has 1 atom stereocenters. The molecular weight excluding hydrogens is 404 g/mol. The summed E-state index contributed by atoms with van der Waals surface area (Å²) in [6.07, 6.45) is 2.01. The quantitative estimate of drug-likeness (QED) is 0.496. The summed E-state index contributed by atoms with van der Waals surface area (Å²) < 4.78 is 5.63. The number of aliphatic imine (C=N–C) groups is 1. The van der Waals surface area contributed by atoms with E-state index in [2.05, 4.69) is 20.9 Å².